The minimum Gasteiger partial charge on any atom is -0.453 e. The molecule has 82 valence electrons. The minimum absolute atomic E-state index is 0.0727. The molecule has 0 bridgehead atoms. The number of carbonyl (C=O) groups excluding carboxylic acids is 1. The van der Waals surface area contributed by atoms with E-state index in [1.165, 1.54) is 7.11 Å². The molecule has 0 aliphatic rings. The molecular weight excluding hydrogens is 212 g/mol. The van der Waals surface area contributed by atoms with Crippen molar-refractivity contribution in [3.05, 3.63) is 12.4 Å². The number of hydrogen-bond donors (Lipinski definition) is 1. The number of amides is 1. The van der Waals surface area contributed by atoms with Crippen molar-refractivity contribution < 1.29 is 23.0 Å². The zero-order chi connectivity index (χ0) is 11.3. The Kier molecular flexibility index (Phi) is 3.72. The fourth-order valence-corrected chi connectivity index (χ4v) is 0.688. The van der Waals surface area contributed by atoms with E-state index in [2.05, 4.69) is 24.8 Å². The van der Waals surface area contributed by atoms with E-state index in [1.807, 2.05) is 0 Å². The van der Waals surface area contributed by atoms with Crippen LogP contribution in [-0.2, 0) is 4.74 Å². The number of nitrogens with zero attached hydrogens (tertiary/aromatic N) is 2. The van der Waals surface area contributed by atoms with Gasteiger partial charge in [-0.3, -0.25) is 5.32 Å². The Morgan fingerprint density at radius 3 is 2.67 bits per heavy atom. The third-order valence-corrected chi connectivity index (χ3v) is 1.25. The second kappa shape index (κ2) is 5.03. The number of rotatable bonds is 3. The summed E-state index contributed by atoms with van der Waals surface area (Å²) in [6.45, 7) is -2.96. The highest BCUT2D eigenvalue weighted by Crippen LogP contribution is 2.10. The highest BCUT2D eigenvalue weighted by atomic mass is 19.3. The van der Waals surface area contributed by atoms with Crippen LogP contribution in [0, 0.1) is 0 Å². The molecule has 0 aromatic carbocycles. The zero-order valence-corrected chi connectivity index (χ0v) is 7.61. The molecule has 6 nitrogen and oxygen atoms in total. The Labute approximate surface area is 83.2 Å². The van der Waals surface area contributed by atoms with Gasteiger partial charge in [-0.15, -0.1) is 0 Å². The van der Waals surface area contributed by atoms with Crippen molar-refractivity contribution in [2.24, 2.45) is 0 Å². The maximum atomic E-state index is 11.7. The van der Waals surface area contributed by atoms with Crippen LogP contribution in [-0.4, -0.2) is 29.8 Å². The number of ether oxygens (including phenoxy) is 2. The number of aromatic nitrogens is 2. The predicted molar refractivity (Wildman–Crippen MR) is 44.7 cm³/mol. The molecule has 0 atom stereocenters. The molecule has 0 radical (unpaired) electrons. The van der Waals surface area contributed by atoms with Gasteiger partial charge in [0.15, 0.2) is 5.82 Å². The van der Waals surface area contributed by atoms with Crippen LogP contribution in [0.2, 0.25) is 0 Å². The molecule has 1 heterocycles. The van der Waals surface area contributed by atoms with Crippen LogP contribution in [0.3, 0.4) is 0 Å². The molecule has 0 aliphatic carbocycles. The third kappa shape index (κ3) is 3.71. The highest BCUT2D eigenvalue weighted by Gasteiger charge is 2.07. The van der Waals surface area contributed by atoms with Gasteiger partial charge in [0.25, 0.3) is 0 Å². The predicted octanol–water partition coefficient (Wildman–Crippen LogP) is 1.26. The van der Waals surface area contributed by atoms with Crippen molar-refractivity contribution in [3.63, 3.8) is 0 Å². The summed E-state index contributed by atoms with van der Waals surface area (Å²) < 4.78 is 31.6. The summed E-state index contributed by atoms with van der Waals surface area (Å²) in [5.41, 5.74) is 0. The first-order valence-corrected chi connectivity index (χ1v) is 3.73. The van der Waals surface area contributed by atoms with Crippen molar-refractivity contribution in [1.29, 1.82) is 0 Å². The standard InChI is InChI=1S/C7H7F2N3O3/c1-14-7(13)12-4-2-11-5(3-10-4)15-6(8)9/h2-3,6H,1H3,(H,10,12,13). The third-order valence-electron chi connectivity index (χ3n) is 1.25. The normalized spacial score (nSPS) is 9.87. The monoisotopic (exact) mass is 219 g/mol. The van der Waals surface area contributed by atoms with Crippen LogP contribution >= 0.6 is 0 Å². The maximum absolute atomic E-state index is 11.7. The first kappa shape index (κ1) is 11.1. The van der Waals surface area contributed by atoms with Crippen molar-refractivity contribution in [2.75, 3.05) is 12.4 Å². The highest BCUT2D eigenvalue weighted by molar-refractivity contribution is 5.82. The van der Waals surface area contributed by atoms with E-state index in [0.29, 0.717) is 0 Å². The molecule has 0 spiro atoms. The average Bonchev–Trinajstić information content (AvgIpc) is 2.20. The molecule has 0 unspecified atom stereocenters. The summed E-state index contributed by atoms with van der Waals surface area (Å²) in [4.78, 5) is 17.7. The van der Waals surface area contributed by atoms with Gasteiger partial charge in [0.1, 0.15) is 0 Å². The molecule has 15 heavy (non-hydrogen) atoms. The lowest BCUT2D eigenvalue weighted by molar-refractivity contribution is -0.0530. The number of alkyl halides is 2. The Bertz CT molecular complexity index is 331. The quantitative estimate of drug-likeness (QED) is 0.828. The second-order valence-corrected chi connectivity index (χ2v) is 2.23. The lowest BCUT2D eigenvalue weighted by Gasteiger charge is -2.04. The minimum atomic E-state index is -2.96. The summed E-state index contributed by atoms with van der Waals surface area (Å²) in [6.07, 6.45) is 1.29. The zero-order valence-electron chi connectivity index (χ0n) is 7.61. The molecule has 1 N–H and O–H groups in total. The van der Waals surface area contributed by atoms with Gasteiger partial charge in [-0.05, 0) is 0 Å². The summed E-state index contributed by atoms with van der Waals surface area (Å²) in [5.74, 6) is -0.260. The van der Waals surface area contributed by atoms with Crippen LogP contribution in [0.5, 0.6) is 5.88 Å². The molecule has 1 aromatic heterocycles. The van der Waals surface area contributed by atoms with E-state index >= 15 is 0 Å². The van der Waals surface area contributed by atoms with Gasteiger partial charge in [0.2, 0.25) is 5.88 Å². The fraction of sp³-hybridized carbons (Fsp3) is 0.286. The van der Waals surface area contributed by atoms with Gasteiger partial charge >= 0.3 is 12.7 Å². The lowest BCUT2D eigenvalue weighted by atomic mass is 10.6. The number of halogens is 2. The molecule has 1 aromatic rings. The molecule has 0 fully saturated rings. The number of methoxy groups -OCH3 is 1. The largest absolute Gasteiger partial charge is 0.453 e. The van der Waals surface area contributed by atoms with Crippen molar-refractivity contribution in [3.8, 4) is 5.88 Å². The van der Waals surface area contributed by atoms with Crippen molar-refractivity contribution in [2.45, 2.75) is 6.61 Å². The molecule has 0 saturated heterocycles. The second-order valence-electron chi connectivity index (χ2n) is 2.23. The smallest absolute Gasteiger partial charge is 0.412 e. The lowest BCUT2D eigenvalue weighted by Crippen LogP contribution is -2.12. The van der Waals surface area contributed by atoms with Gasteiger partial charge in [-0.2, -0.15) is 8.78 Å². The summed E-state index contributed by atoms with van der Waals surface area (Å²) in [7, 11) is 1.18. The van der Waals surface area contributed by atoms with Gasteiger partial charge in [-0.25, -0.2) is 14.8 Å². The molecule has 0 saturated carbocycles. The molecular formula is C7H7F2N3O3. The first-order valence-electron chi connectivity index (χ1n) is 3.73. The van der Waals surface area contributed by atoms with Crippen molar-refractivity contribution >= 4 is 11.9 Å². The Morgan fingerprint density at radius 1 is 1.47 bits per heavy atom. The van der Waals surface area contributed by atoms with E-state index < -0.39 is 12.7 Å². The van der Waals surface area contributed by atoms with Crippen molar-refractivity contribution in [1.82, 2.24) is 9.97 Å². The van der Waals surface area contributed by atoms with E-state index in [4.69, 9.17) is 0 Å². The number of nitrogens with one attached hydrogen (secondary N) is 1. The van der Waals surface area contributed by atoms with Gasteiger partial charge < -0.3 is 9.47 Å². The summed E-state index contributed by atoms with van der Waals surface area (Å²) in [6, 6.07) is 0. The number of carbonyl (C=O) groups is 1. The maximum Gasteiger partial charge on any atom is 0.412 e. The van der Waals surface area contributed by atoms with Crippen LogP contribution < -0.4 is 10.1 Å². The van der Waals surface area contributed by atoms with Crippen LogP contribution in [0.15, 0.2) is 12.4 Å². The SMILES string of the molecule is COC(=O)Nc1cnc(OC(F)F)cn1. The Balaban J connectivity index is 2.60. The summed E-state index contributed by atoms with van der Waals surface area (Å²) >= 11 is 0. The summed E-state index contributed by atoms with van der Waals surface area (Å²) in [5, 5.41) is 2.19. The van der Waals surface area contributed by atoms with E-state index in [0.717, 1.165) is 12.4 Å². The number of anilines is 1. The average molecular weight is 219 g/mol. The van der Waals surface area contributed by atoms with E-state index in [1.54, 1.807) is 0 Å². The topological polar surface area (TPSA) is 73.3 Å². The molecule has 0 aliphatic heterocycles. The van der Waals surface area contributed by atoms with Crippen LogP contribution in [0.1, 0.15) is 0 Å². The number of hydrogen-bond acceptors (Lipinski definition) is 5. The Hall–Kier alpha value is -1.99. The van der Waals surface area contributed by atoms with E-state index in [-0.39, 0.29) is 11.7 Å². The molecule has 1 amide bonds. The first-order chi connectivity index (χ1) is 7.11. The van der Waals surface area contributed by atoms with E-state index in [9.17, 15) is 13.6 Å². The van der Waals surface area contributed by atoms with Gasteiger partial charge in [-0.1, -0.05) is 0 Å². The van der Waals surface area contributed by atoms with Crippen LogP contribution in [0.25, 0.3) is 0 Å². The molecule has 1 rings (SSSR count). The fourth-order valence-electron chi connectivity index (χ4n) is 0.688. The van der Waals surface area contributed by atoms with Crippen LogP contribution in [0.4, 0.5) is 19.4 Å². The molecule has 8 heteroatoms. The van der Waals surface area contributed by atoms with Gasteiger partial charge in [0, 0.05) is 0 Å². The van der Waals surface area contributed by atoms with Gasteiger partial charge in [0.05, 0.1) is 19.5 Å². The Morgan fingerprint density at radius 2 is 2.20 bits per heavy atom.